The van der Waals surface area contributed by atoms with Crippen molar-refractivity contribution >= 4 is 29.1 Å². The van der Waals surface area contributed by atoms with Gasteiger partial charge in [0.2, 0.25) is 5.75 Å². The number of aromatic nitrogens is 1. The monoisotopic (exact) mass is 643 g/mol. The Kier molecular flexibility index (Phi) is 10.1. The van der Waals surface area contributed by atoms with E-state index in [0.29, 0.717) is 42.8 Å². The molecule has 0 bridgehead atoms. The van der Waals surface area contributed by atoms with E-state index in [1.165, 1.54) is 51.8 Å². The van der Waals surface area contributed by atoms with Crippen LogP contribution in [0.5, 0.6) is 17.2 Å². The Morgan fingerprint density at radius 1 is 0.979 bits per heavy atom. The number of likely N-dealkylation sites (tertiary alicyclic amines) is 2. The summed E-state index contributed by atoms with van der Waals surface area (Å²) in [7, 11) is 3.06. The first kappa shape index (κ1) is 32.5. The number of hydrogen-bond donors (Lipinski definition) is 0. The Balaban J connectivity index is 1.20. The highest BCUT2D eigenvalue weighted by molar-refractivity contribution is 6.05. The van der Waals surface area contributed by atoms with Gasteiger partial charge in [0.15, 0.2) is 11.5 Å². The number of benzene rings is 2. The van der Waals surface area contributed by atoms with E-state index in [4.69, 9.17) is 18.7 Å². The molecule has 2 aromatic carbocycles. The second kappa shape index (κ2) is 14.5. The molecule has 6 rings (SSSR count). The van der Waals surface area contributed by atoms with Crippen LogP contribution in [0.4, 0.5) is 9.18 Å². The Bertz CT molecular complexity index is 1640. The van der Waals surface area contributed by atoms with E-state index in [1.807, 2.05) is 13.0 Å². The number of rotatable bonds is 10. The number of piperidine rings is 2. The van der Waals surface area contributed by atoms with Crippen molar-refractivity contribution in [2.45, 2.75) is 64.3 Å². The van der Waals surface area contributed by atoms with E-state index in [9.17, 15) is 14.0 Å². The molecule has 0 unspecified atom stereocenters. The lowest BCUT2D eigenvalue weighted by molar-refractivity contribution is -0.118. The third kappa shape index (κ3) is 7.27. The van der Waals surface area contributed by atoms with Gasteiger partial charge in [0.05, 0.1) is 26.8 Å². The van der Waals surface area contributed by atoms with Gasteiger partial charge < -0.3 is 28.5 Å². The Labute approximate surface area is 274 Å². The number of nitrogens with zero attached hydrogens (tertiary/aromatic N) is 3. The molecule has 3 aromatic rings. The van der Waals surface area contributed by atoms with Crippen molar-refractivity contribution in [3.8, 4) is 17.2 Å². The number of ether oxygens (including phenoxy) is 3. The van der Waals surface area contributed by atoms with Gasteiger partial charge in [-0.15, -0.1) is 0 Å². The zero-order chi connectivity index (χ0) is 32.9. The molecule has 3 heterocycles. The first-order valence-corrected chi connectivity index (χ1v) is 16.4. The first-order chi connectivity index (χ1) is 22.8. The molecule has 0 saturated carbocycles. The van der Waals surface area contributed by atoms with Crippen LogP contribution in [0.25, 0.3) is 17.2 Å². The number of carbonyl (C=O) groups excluding carboxylic acids is 2. The Morgan fingerprint density at radius 2 is 1.70 bits per heavy atom. The summed E-state index contributed by atoms with van der Waals surface area (Å²) in [5.74, 6) is 1.16. The van der Waals surface area contributed by atoms with Gasteiger partial charge in [-0.25, -0.2) is 9.18 Å². The average Bonchev–Trinajstić information content (AvgIpc) is 3.69. The number of methoxy groups -OCH3 is 2. The van der Waals surface area contributed by atoms with Gasteiger partial charge in [-0.3, -0.25) is 4.79 Å². The molecule has 0 spiro atoms. The zero-order valence-corrected chi connectivity index (χ0v) is 27.4. The molecule has 47 heavy (non-hydrogen) atoms. The van der Waals surface area contributed by atoms with Crippen LogP contribution >= 0.6 is 0 Å². The number of amides is 1. The van der Waals surface area contributed by atoms with Crippen molar-refractivity contribution in [2.75, 3.05) is 40.4 Å². The smallest absolute Gasteiger partial charge is 0.415 e. The summed E-state index contributed by atoms with van der Waals surface area (Å²) in [5.41, 5.74) is 5.19. The highest BCUT2D eigenvalue weighted by Gasteiger charge is 2.30. The van der Waals surface area contributed by atoms with Crippen LogP contribution < -0.4 is 14.2 Å². The quantitative estimate of drug-likeness (QED) is 0.229. The molecule has 2 fully saturated rings. The topological polar surface area (TPSA) is 94.3 Å². The maximum Gasteiger partial charge on any atom is 0.415 e. The fraction of sp³-hybridized carbons (Fsp3) is 0.432. The summed E-state index contributed by atoms with van der Waals surface area (Å²) < 4.78 is 36.8. The molecule has 2 saturated heterocycles. The lowest BCUT2D eigenvalue weighted by Gasteiger charge is -2.39. The normalized spacial score (nSPS) is 18.0. The third-order valence-corrected chi connectivity index (χ3v) is 9.58. The SMILES string of the molecule is COc1cc(/C=C2/C(C)=C(CCC(=O)Cc3ccno3)c3cc(F)ccc32)cc(OC)c1OC(=O)N1CCC(N2CCCCC2)CC1. The van der Waals surface area contributed by atoms with E-state index in [-0.39, 0.29) is 30.2 Å². The number of hydrogen-bond acceptors (Lipinski definition) is 8. The molecule has 1 aromatic heterocycles. The van der Waals surface area contributed by atoms with Gasteiger partial charge in [-0.1, -0.05) is 17.6 Å². The minimum absolute atomic E-state index is 0.0170. The summed E-state index contributed by atoms with van der Waals surface area (Å²) >= 11 is 0. The summed E-state index contributed by atoms with van der Waals surface area (Å²) in [6.07, 6.45) is 9.68. The summed E-state index contributed by atoms with van der Waals surface area (Å²) in [4.78, 5) is 30.3. The van der Waals surface area contributed by atoms with Crippen LogP contribution in [0.15, 0.2) is 52.7 Å². The Hall–Kier alpha value is -4.44. The van der Waals surface area contributed by atoms with E-state index in [2.05, 4.69) is 10.1 Å². The predicted octanol–water partition coefficient (Wildman–Crippen LogP) is 7.20. The van der Waals surface area contributed by atoms with Crippen LogP contribution in [0.3, 0.4) is 0 Å². The van der Waals surface area contributed by atoms with Crippen LogP contribution in [0.1, 0.15) is 74.3 Å². The highest BCUT2D eigenvalue weighted by atomic mass is 19.1. The third-order valence-electron chi connectivity index (χ3n) is 9.58. The molecule has 1 amide bonds. The predicted molar refractivity (Wildman–Crippen MR) is 177 cm³/mol. The number of allylic oxidation sites excluding steroid dienone is 3. The van der Waals surface area contributed by atoms with E-state index in [0.717, 1.165) is 59.3 Å². The van der Waals surface area contributed by atoms with Crippen LogP contribution in [-0.4, -0.2) is 73.3 Å². The lowest BCUT2D eigenvalue weighted by Crippen LogP contribution is -2.48. The molecular weight excluding hydrogens is 601 g/mol. The van der Waals surface area contributed by atoms with Crippen LogP contribution in [-0.2, 0) is 11.2 Å². The van der Waals surface area contributed by atoms with Gasteiger partial charge in [-0.05, 0) is 116 Å². The molecular formula is C37H42FN3O6. The van der Waals surface area contributed by atoms with Gasteiger partial charge in [-0.2, -0.15) is 0 Å². The minimum Gasteiger partial charge on any atom is -0.493 e. The zero-order valence-electron chi connectivity index (χ0n) is 27.4. The number of fused-ring (bicyclic) bond motifs is 1. The second-order valence-electron chi connectivity index (χ2n) is 12.5. The van der Waals surface area contributed by atoms with Crippen molar-refractivity contribution in [1.29, 1.82) is 0 Å². The van der Waals surface area contributed by atoms with Crippen molar-refractivity contribution in [3.63, 3.8) is 0 Å². The molecule has 3 aliphatic rings. The fourth-order valence-electron chi connectivity index (χ4n) is 7.06. The number of carbonyl (C=O) groups is 2. The second-order valence-corrected chi connectivity index (χ2v) is 12.5. The molecule has 0 atom stereocenters. The summed E-state index contributed by atoms with van der Waals surface area (Å²) in [5, 5.41) is 3.67. The number of halogens is 1. The summed E-state index contributed by atoms with van der Waals surface area (Å²) in [6.45, 7) is 5.58. The average molecular weight is 644 g/mol. The van der Waals surface area contributed by atoms with Crippen molar-refractivity contribution < 1.29 is 32.7 Å². The number of Topliss-reactive ketones (excluding diaryl/α,β-unsaturated/α-hetero) is 1. The largest absolute Gasteiger partial charge is 0.493 e. The maximum atomic E-state index is 14.4. The van der Waals surface area contributed by atoms with Gasteiger partial charge in [0.25, 0.3) is 0 Å². The molecule has 2 aliphatic heterocycles. The molecule has 10 heteroatoms. The van der Waals surface area contributed by atoms with E-state index in [1.54, 1.807) is 29.2 Å². The van der Waals surface area contributed by atoms with Gasteiger partial charge in [0, 0.05) is 31.6 Å². The van der Waals surface area contributed by atoms with Crippen molar-refractivity contribution in [3.05, 3.63) is 76.4 Å². The molecule has 248 valence electrons. The van der Waals surface area contributed by atoms with Crippen molar-refractivity contribution in [1.82, 2.24) is 15.0 Å². The first-order valence-electron chi connectivity index (χ1n) is 16.4. The molecule has 0 N–H and O–H groups in total. The summed E-state index contributed by atoms with van der Waals surface area (Å²) in [6, 6.07) is 10.5. The minimum atomic E-state index is -0.419. The van der Waals surface area contributed by atoms with E-state index < -0.39 is 6.09 Å². The fourth-order valence-corrected chi connectivity index (χ4v) is 7.06. The Morgan fingerprint density at radius 3 is 2.36 bits per heavy atom. The van der Waals surface area contributed by atoms with Crippen LogP contribution in [0.2, 0.25) is 0 Å². The lowest BCUT2D eigenvalue weighted by atomic mass is 9.98. The van der Waals surface area contributed by atoms with Gasteiger partial charge >= 0.3 is 6.09 Å². The van der Waals surface area contributed by atoms with Crippen LogP contribution in [0, 0.1) is 5.82 Å². The molecule has 0 radical (unpaired) electrons. The van der Waals surface area contributed by atoms with E-state index >= 15 is 0 Å². The highest BCUT2D eigenvalue weighted by Crippen LogP contribution is 2.46. The standard InChI is InChI=1S/C37H42FN3O6/c1-24-30(10-8-28(42)23-29-11-14-39-47-29)33-22-26(38)7-9-31(33)32(24)19-25-20-34(44-2)36(35(21-25)45-3)46-37(43)41-17-12-27(13-18-41)40-15-5-4-6-16-40/h7,9,11,14,19-22,27H,4-6,8,10,12-13,15-18,23H2,1-3H3/b32-19-. The maximum absolute atomic E-state index is 14.4. The molecule has 9 nitrogen and oxygen atoms in total. The van der Waals surface area contributed by atoms with Crippen molar-refractivity contribution in [2.24, 2.45) is 0 Å². The molecule has 1 aliphatic carbocycles. The van der Waals surface area contributed by atoms with Gasteiger partial charge in [0.1, 0.15) is 17.4 Å². The number of ketones is 1.